The van der Waals surface area contributed by atoms with Crippen molar-refractivity contribution in [2.75, 3.05) is 0 Å². The minimum absolute atomic E-state index is 0.508. The van der Waals surface area contributed by atoms with Crippen LogP contribution in [0, 0.1) is 11.3 Å². The molecule has 0 saturated heterocycles. The number of allylic oxidation sites excluding steroid dienone is 1. The lowest BCUT2D eigenvalue weighted by molar-refractivity contribution is 0.754. The third-order valence-corrected chi connectivity index (χ3v) is 1.60. The summed E-state index contributed by atoms with van der Waals surface area (Å²) >= 11 is 0. The van der Waals surface area contributed by atoms with Gasteiger partial charge in [-0.05, 0) is 18.4 Å². The summed E-state index contributed by atoms with van der Waals surface area (Å²) < 4.78 is 0. The summed E-state index contributed by atoms with van der Waals surface area (Å²) in [5.41, 5.74) is 0.663. The SMILES string of the molecule is C=C(/C=C\N=C[C@@H](C)CC)NC=N. The molecule has 0 radical (unpaired) electrons. The zero-order chi connectivity index (χ0) is 10.1. The fourth-order valence-corrected chi connectivity index (χ4v) is 0.576. The molecule has 0 heterocycles. The van der Waals surface area contributed by atoms with E-state index in [-0.39, 0.29) is 0 Å². The lowest BCUT2D eigenvalue weighted by Gasteiger charge is -1.96. The summed E-state index contributed by atoms with van der Waals surface area (Å²) in [4.78, 5) is 4.08. The highest BCUT2D eigenvalue weighted by Gasteiger charge is 1.88. The molecule has 0 aromatic heterocycles. The van der Waals surface area contributed by atoms with E-state index in [0.717, 1.165) is 12.8 Å². The predicted molar refractivity (Wildman–Crippen MR) is 58.1 cm³/mol. The third kappa shape index (κ3) is 7.00. The second kappa shape index (κ2) is 7.28. The second-order valence-electron chi connectivity index (χ2n) is 2.81. The molecule has 1 atom stereocenters. The van der Waals surface area contributed by atoms with E-state index in [9.17, 15) is 0 Å². The standard InChI is InChI=1S/C10H17N3/c1-4-9(2)7-12-6-5-10(3)13-8-11/h5-9H,3-4H2,1-2H3,(H2,11,13)/b6-5-,12-7?/t9-/m0/s1. The average Bonchev–Trinajstić information content (AvgIpc) is 2.12. The molecule has 2 N–H and O–H groups in total. The Balaban J connectivity index is 3.79. The summed E-state index contributed by atoms with van der Waals surface area (Å²) in [7, 11) is 0. The smallest absolute Gasteiger partial charge is 0.0835 e. The van der Waals surface area contributed by atoms with E-state index in [0.29, 0.717) is 11.6 Å². The fourth-order valence-electron chi connectivity index (χ4n) is 0.576. The molecule has 13 heavy (non-hydrogen) atoms. The van der Waals surface area contributed by atoms with Gasteiger partial charge in [-0.1, -0.05) is 20.4 Å². The van der Waals surface area contributed by atoms with Crippen molar-refractivity contribution in [1.82, 2.24) is 5.32 Å². The Morgan fingerprint density at radius 1 is 1.69 bits per heavy atom. The molecule has 0 amide bonds. The molecule has 3 nitrogen and oxygen atoms in total. The lowest BCUT2D eigenvalue weighted by Crippen LogP contribution is -2.05. The van der Waals surface area contributed by atoms with Crippen molar-refractivity contribution >= 4 is 12.6 Å². The fraction of sp³-hybridized carbons (Fsp3) is 0.400. The molecule has 0 unspecified atom stereocenters. The molecule has 0 aliphatic heterocycles. The van der Waals surface area contributed by atoms with Crippen LogP contribution in [0.4, 0.5) is 0 Å². The van der Waals surface area contributed by atoms with Crippen molar-refractivity contribution in [3.8, 4) is 0 Å². The van der Waals surface area contributed by atoms with Gasteiger partial charge in [0.05, 0.1) is 6.34 Å². The van der Waals surface area contributed by atoms with Crippen LogP contribution >= 0.6 is 0 Å². The van der Waals surface area contributed by atoms with Crippen molar-refractivity contribution in [2.45, 2.75) is 20.3 Å². The molecule has 0 rings (SSSR count). The molecule has 0 bridgehead atoms. The normalized spacial score (nSPS) is 13.4. The Morgan fingerprint density at radius 2 is 2.38 bits per heavy atom. The van der Waals surface area contributed by atoms with Crippen LogP contribution in [-0.2, 0) is 0 Å². The first-order chi connectivity index (χ1) is 6.20. The predicted octanol–water partition coefficient (Wildman–Crippen LogP) is 2.33. The van der Waals surface area contributed by atoms with E-state index in [1.165, 1.54) is 0 Å². The molecule has 0 fully saturated rings. The molecule has 0 aliphatic rings. The number of nitrogens with zero attached hydrogens (tertiary/aromatic N) is 1. The minimum Gasteiger partial charge on any atom is -0.347 e. The first-order valence-corrected chi connectivity index (χ1v) is 4.35. The highest BCUT2D eigenvalue weighted by atomic mass is 14.9. The van der Waals surface area contributed by atoms with E-state index in [4.69, 9.17) is 5.41 Å². The van der Waals surface area contributed by atoms with Gasteiger partial charge in [0.15, 0.2) is 0 Å². The van der Waals surface area contributed by atoms with Crippen LogP contribution in [0.1, 0.15) is 20.3 Å². The van der Waals surface area contributed by atoms with Crippen molar-refractivity contribution in [3.63, 3.8) is 0 Å². The number of nitrogens with one attached hydrogen (secondary N) is 2. The molecular weight excluding hydrogens is 162 g/mol. The van der Waals surface area contributed by atoms with Gasteiger partial charge in [-0.3, -0.25) is 10.4 Å². The Labute approximate surface area is 79.8 Å². The summed E-state index contributed by atoms with van der Waals surface area (Å²) in [5, 5.41) is 9.38. The van der Waals surface area contributed by atoms with Crippen LogP contribution in [0.5, 0.6) is 0 Å². The molecular formula is C10H17N3. The van der Waals surface area contributed by atoms with E-state index >= 15 is 0 Å². The quantitative estimate of drug-likeness (QED) is 0.367. The van der Waals surface area contributed by atoms with E-state index in [1.807, 2.05) is 6.21 Å². The summed E-state index contributed by atoms with van der Waals surface area (Å²) in [6, 6.07) is 0. The van der Waals surface area contributed by atoms with Crippen molar-refractivity contribution in [2.24, 2.45) is 10.9 Å². The third-order valence-electron chi connectivity index (χ3n) is 1.60. The van der Waals surface area contributed by atoms with Crippen LogP contribution in [0.25, 0.3) is 0 Å². The number of hydrogen-bond acceptors (Lipinski definition) is 2. The zero-order valence-corrected chi connectivity index (χ0v) is 8.25. The van der Waals surface area contributed by atoms with Crippen LogP contribution in [0.15, 0.2) is 29.5 Å². The first kappa shape index (κ1) is 11.6. The average molecular weight is 179 g/mol. The lowest BCUT2D eigenvalue weighted by atomic mass is 10.1. The van der Waals surface area contributed by atoms with Crippen LogP contribution in [0.3, 0.4) is 0 Å². The highest BCUT2D eigenvalue weighted by Crippen LogP contribution is 1.95. The molecule has 0 aromatic rings. The van der Waals surface area contributed by atoms with Crippen LogP contribution < -0.4 is 5.32 Å². The van der Waals surface area contributed by atoms with Crippen molar-refractivity contribution in [1.29, 1.82) is 5.41 Å². The summed E-state index contributed by atoms with van der Waals surface area (Å²) in [5.74, 6) is 0.508. The van der Waals surface area contributed by atoms with Gasteiger partial charge in [0.2, 0.25) is 0 Å². The van der Waals surface area contributed by atoms with E-state index in [1.54, 1.807) is 12.3 Å². The Bertz CT molecular complexity index is 216. The minimum atomic E-state index is 0.508. The maximum Gasteiger partial charge on any atom is 0.0835 e. The van der Waals surface area contributed by atoms with Crippen molar-refractivity contribution < 1.29 is 0 Å². The Morgan fingerprint density at radius 3 is 2.92 bits per heavy atom. The van der Waals surface area contributed by atoms with Crippen molar-refractivity contribution in [3.05, 3.63) is 24.6 Å². The summed E-state index contributed by atoms with van der Waals surface area (Å²) in [6.45, 7) is 7.89. The first-order valence-electron chi connectivity index (χ1n) is 4.35. The highest BCUT2D eigenvalue weighted by molar-refractivity contribution is 5.61. The molecule has 0 aromatic carbocycles. The van der Waals surface area contributed by atoms with Gasteiger partial charge < -0.3 is 5.32 Å². The number of rotatable bonds is 6. The van der Waals surface area contributed by atoms with Gasteiger partial charge in [-0.15, -0.1) is 0 Å². The molecule has 0 saturated carbocycles. The zero-order valence-electron chi connectivity index (χ0n) is 8.25. The monoisotopic (exact) mass is 179 g/mol. The largest absolute Gasteiger partial charge is 0.347 e. The molecule has 0 aliphatic carbocycles. The number of hydrogen-bond donors (Lipinski definition) is 2. The van der Waals surface area contributed by atoms with Gasteiger partial charge in [-0.25, -0.2) is 0 Å². The Hall–Kier alpha value is -1.38. The van der Waals surface area contributed by atoms with E-state index in [2.05, 4.69) is 30.7 Å². The van der Waals surface area contributed by atoms with Gasteiger partial charge in [0.1, 0.15) is 0 Å². The van der Waals surface area contributed by atoms with Gasteiger partial charge in [0.25, 0.3) is 0 Å². The molecule has 3 heteroatoms. The van der Waals surface area contributed by atoms with E-state index < -0.39 is 0 Å². The molecule has 0 spiro atoms. The van der Waals surface area contributed by atoms with Crippen LogP contribution in [0.2, 0.25) is 0 Å². The maximum atomic E-state index is 6.74. The molecule has 72 valence electrons. The van der Waals surface area contributed by atoms with Gasteiger partial charge >= 0.3 is 0 Å². The van der Waals surface area contributed by atoms with Gasteiger partial charge in [-0.2, -0.15) is 0 Å². The van der Waals surface area contributed by atoms with Crippen LogP contribution in [-0.4, -0.2) is 12.6 Å². The number of aliphatic imine (C=N–C) groups is 1. The van der Waals surface area contributed by atoms with Gasteiger partial charge in [0, 0.05) is 18.1 Å². The topological polar surface area (TPSA) is 48.2 Å². The Kier molecular flexibility index (Phi) is 6.51. The maximum absolute atomic E-state index is 6.74. The second-order valence-corrected chi connectivity index (χ2v) is 2.81. The summed E-state index contributed by atoms with van der Waals surface area (Å²) in [6.07, 6.45) is 7.48.